The summed E-state index contributed by atoms with van der Waals surface area (Å²) in [5.74, 6) is 0.157. The van der Waals surface area contributed by atoms with Gasteiger partial charge in [-0.1, -0.05) is 26.7 Å². The Morgan fingerprint density at radius 2 is 2.00 bits per heavy atom. The Morgan fingerprint density at radius 1 is 1.26 bits per heavy atom. The second-order valence-corrected chi connectivity index (χ2v) is 6.17. The van der Waals surface area contributed by atoms with E-state index in [1.54, 1.807) is 0 Å². The van der Waals surface area contributed by atoms with Gasteiger partial charge in [0.2, 0.25) is 11.8 Å². The third-order valence-electron chi connectivity index (χ3n) is 4.39. The van der Waals surface area contributed by atoms with Gasteiger partial charge in [-0.3, -0.25) is 9.59 Å². The van der Waals surface area contributed by atoms with E-state index in [1.807, 2.05) is 11.8 Å². The van der Waals surface area contributed by atoms with Gasteiger partial charge < -0.3 is 10.2 Å². The quantitative estimate of drug-likeness (QED) is 0.800. The molecule has 2 rings (SSSR count). The number of nitrogens with zero attached hydrogens (tertiary/aromatic N) is 1. The van der Waals surface area contributed by atoms with E-state index < -0.39 is 0 Å². The molecule has 0 radical (unpaired) electrons. The predicted octanol–water partition coefficient (Wildman–Crippen LogP) is 2.08. The molecule has 4 heteroatoms. The average molecular weight is 266 g/mol. The van der Waals surface area contributed by atoms with Crippen molar-refractivity contribution in [2.24, 2.45) is 5.41 Å². The van der Waals surface area contributed by atoms with E-state index >= 15 is 0 Å². The van der Waals surface area contributed by atoms with Crippen LogP contribution < -0.4 is 5.32 Å². The summed E-state index contributed by atoms with van der Waals surface area (Å²) in [6.45, 7) is 5.70. The fraction of sp³-hybridized carbons (Fsp3) is 0.867. The number of nitrogens with one attached hydrogen (secondary N) is 1. The summed E-state index contributed by atoms with van der Waals surface area (Å²) < 4.78 is 0. The van der Waals surface area contributed by atoms with Crippen LogP contribution in [0.3, 0.4) is 0 Å². The number of rotatable bonds is 6. The number of carbonyl (C=O) groups excluding carboxylic acids is 2. The summed E-state index contributed by atoms with van der Waals surface area (Å²) >= 11 is 0. The number of hydrogen-bond donors (Lipinski definition) is 1. The van der Waals surface area contributed by atoms with Gasteiger partial charge in [0.1, 0.15) is 6.04 Å². The first-order valence-corrected chi connectivity index (χ1v) is 7.68. The smallest absolute Gasteiger partial charge is 0.245 e. The largest absolute Gasteiger partial charge is 0.344 e. The zero-order valence-electron chi connectivity index (χ0n) is 12.2. The molecule has 4 nitrogen and oxygen atoms in total. The third-order valence-corrected chi connectivity index (χ3v) is 4.39. The molecular weight excluding hydrogens is 240 g/mol. The highest BCUT2D eigenvalue weighted by Crippen LogP contribution is 2.50. The lowest BCUT2D eigenvalue weighted by Gasteiger charge is -2.28. The van der Waals surface area contributed by atoms with Crippen molar-refractivity contribution in [3.05, 3.63) is 0 Å². The first-order valence-electron chi connectivity index (χ1n) is 7.68. The van der Waals surface area contributed by atoms with Gasteiger partial charge in [0, 0.05) is 19.5 Å². The first-order chi connectivity index (χ1) is 9.10. The summed E-state index contributed by atoms with van der Waals surface area (Å²) in [6, 6.07) is -0.294. The van der Waals surface area contributed by atoms with E-state index in [1.165, 1.54) is 25.7 Å². The number of carbonyl (C=O) groups is 2. The van der Waals surface area contributed by atoms with Crippen molar-refractivity contribution in [2.45, 2.75) is 64.8 Å². The van der Waals surface area contributed by atoms with E-state index in [2.05, 4.69) is 12.2 Å². The van der Waals surface area contributed by atoms with Crippen molar-refractivity contribution >= 4 is 11.8 Å². The minimum absolute atomic E-state index is 0.0228. The summed E-state index contributed by atoms with van der Waals surface area (Å²) in [4.78, 5) is 26.1. The van der Waals surface area contributed by atoms with Gasteiger partial charge in [-0.15, -0.1) is 0 Å². The SMILES string of the molecule is CCCC1NC(=O)CCN(CC2(CCC)CC2)C1=O. The van der Waals surface area contributed by atoms with E-state index in [4.69, 9.17) is 0 Å². The van der Waals surface area contributed by atoms with Gasteiger partial charge in [0.15, 0.2) is 0 Å². The third kappa shape index (κ3) is 3.48. The summed E-state index contributed by atoms with van der Waals surface area (Å²) in [5.41, 5.74) is 0.370. The maximum absolute atomic E-state index is 12.5. The lowest BCUT2D eigenvalue weighted by atomic mass is 9.99. The topological polar surface area (TPSA) is 49.4 Å². The van der Waals surface area contributed by atoms with Crippen molar-refractivity contribution in [3.63, 3.8) is 0 Å². The van der Waals surface area contributed by atoms with E-state index in [9.17, 15) is 9.59 Å². The molecule has 1 saturated heterocycles. The van der Waals surface area contributed by atoms with Gasteiger partial charge >= 0.3 is 0 Å². The number of amides is 2. The normalized spacial score (nSPS) is 26.0. The number of hydrogen-bond acceptors (Lipinski definition) is 2. The Bertz CT molecular complexity index is 350. The molecule has 1 unspecified atom stereocenters. The molecule has 0 aromatic rings. The Hall–Kier alpha value is -1.06. The average Bonchev–Trinajstić information content (AvgIpc) is 3.14. The molecule has 2 amide bonds. The second-order valence-electron chi connectivity index (χ2n) is 6.17. The van der Waals surface area contributed by atoms with Crippen molar-refractivity contribution < 1.29 is 9.59 Å². The summed E-state index contributed by atoms with van der Waals surface area (Å²) in [6.07, 6.45) is 6.99. The van der Waals surface area contributed by atoms with Crippen LogP contribution in [0.5, 0.6) is 0 Å². The summed E-state index contributed by atoms with van der Waals surface area (Å²) in [7, 11) is 0. The fourth-order valence-corrected chi connectivity index (χ4v) is 3.14. The van der Waals surface area contributed by atoms with Crippen LogP contribution in [0, 0.1) is 5.41 Å². The fourth-order valence-electron chi connectivity index (χ4n) is 3.14. The second kappa shape index (κ2) is 5.93. The molecule has 108 valence electrons. The lowest BCUT2D eigenvalue weighted by Crippen LogP contribution is -2.46. The molecular formula is C15H26N2O2. The summed E-state index contributed by atoms with van der Waals surface area (Å²) in [5, 5.41) is 2.87. The van der Waals surface area contributed by atoms with Crippen LogP contribution >= 0.6 is 0 Å². The van der Waals surface area contributed by atoms with Crippen LogP contribution in [0.2, 0.25) is 0 Å². The first kappa shape index (κ1) is 14.4. The van der Waals surface area contributed by atoms with Crippen molar-refractivity contribution in [1.29, 1.82) is 0 Å². The van der Waals surface area contributed by atoms with Gasteiger partial charge in [0.05, 0.1) is 0 Å². The molecule has 2 aliphatic rings. The molecule has 2 fully saturated rings. The molecule has 1 N–H and O–H groups in total. The molecule has 1 aliphatic carbocycles. The van der Waals surface area contributed by atoms with Crippen molar-refractivity contribution in [1.82, 2.24) is 10.2 Å². The minimum atomic E-state index is -0.294. The Kier molecular flexibility index (Phi) is 4.48. The molecule has 0 aromatic heterocycles. The highest BCUT2D eigenvalue weighted by Gasteiger charge is 2.44. The van der Waals surface area contributed by atoms with E-state index in [-0.39, 0.29) is 17.9 Å². The molecule has 1 heterocycles. The van der Waals surface area contributed by atoms with Crippen molar-refractivity contribution in [2.75, 3.05) is 13.1 Å². The standard InChI is InChI=1S/C15H26N2O2/c1-3-5-12-14(19)17(10-6-13(18)16-12)11-15(7-4-2)8-9-15/h12H,3-11H2,1-2H3,(H,16,18). The maximum atomic E-state index is 12.5. The molecule has 1 saturated carbocycles. The molecule has 0 spiro atoms. The Morgan fingerprint density at radius 3 is 2.58 bits per heavy atom. The van der Waals surface area contributed by atoms with Crippen LogP contribution in [0.25, 0.3) is 0 Å². The molecule has 1 atom stereocenters. The highest BCUT2D eigenvalue weighted by atomic mass is 16.2. The molecule has 0 bridgehead atoms. The Labute approximate surface area is 115 Å². The van der Waals surface area contributed by atoms with Crippen LogP contribution in [-0.4, -0.2) is 35.8 Å². The minimum Gasteiger partial charge on any atom is -0.344 e. The van der Waals surface area contributed by atoms with Crippen LogP contribution in [0.4, 0.5) is 0 Å². The van der Waals surface area contributed by atoms with Crippen molar-refractivity contribution in [3.8, 4) is 0 Å². The van der Waals surface area contributed by atoms with Gasteiger partial charge in [-0.2, -0.15) is 0 Å². The highest BCUT2D eigenvalue weighted by molar-refractivity contribution is 5.89. The van der Waals surface area contributed by atoms with Crippen LogP contribution in [-0.2, 0) is 9.59 Å². The molecule has 1 aliphatic heterocycles. The lowest BCUT2D eigenvalue weighted by molar-refractivity contribution is -0.134. The molecule has 19 heavy (non-hydrogen) atoms. The predicted molar refractivity (Wildman–Crippen MR) is 74.6 cm³/mol. The maximum Gasteiger partial charge on any atom is 0.245 e. The van der Waals surface area contributed by atoms with E-state index in [0.29, 0.717) is 18.4 Å². The van der Waals surface area contributed by atoms with Gasteiger partial charge in [-0.25, -0.2) is 0 Å². The Balaban J connectivity index is 2.02. The zero-order chi connectivity index (χ0) is 13.9. The van der Waals surface area contributed by atoms with Gasteiger partial charge in [0.25, 0.3) is 0 Å². The van der Waals surface area contributed by atoms with E-state index in [0.717, 1.165) is 19.4 Å². The van der Waals surface area contributed by atoms with Crippen LogP contribution in [0.15, 0.2) is 0 Å². The molecule has 0 aromatic carbocycles. The van der Waals surface area contributed by atoms with Crippen LogP contribution in [0.1, 0.15) is 58.8 Å². The monoisotopic (exact) mass is 266 g/mol. The zero-order valence-corrected chi connectivity index (χ0v) is 12.2. The van der Waals surface area contributed by atoms with Gasteiger partial charge in [-0.05, 0) is 31.1 Å².